The number of hydrogen-bond acceptors (Lipinski definition) is 10. The summed E-state index contributed by atoms with van der Waals surface area (Å²) in [6.45, 7) is 0.282. The molecule has 3 aromatic rings. The van der Waals surface area contributed by atoms with E-state index in [0.29, 0.717) is 11.3 Å². The lowest BCUT2D eigenvalue weighted by atomic mass is 10.2. The fourth-order valence-corrected chi connectivity index (χ4v) is 4.16. The molecule has 3 rings (SSSR count). The van der Waals surface area contributed by atoms with Gasteiger partial charge in [0.2, 0.25) is 5.91 Å². The van der Waals surface area contributed by atoms with E-state index in [0.717, 1.165) is 5.56 Å². The van der Waals surface area contributed by atoms with Gasteiger partial charge in [0.05, 0.1) is 22.7 Å². The van der Waals surface area contributed by atoms with Crippen LogP contribution in [-0.4, -0.2) is 41.4 Å². The number of ether oxygens (including phenoxy) is 1. The smallest absolute Gasteiger partial charge is 0.349 e. The topological polar surface area (TPSA) is 191 Å². The molecule has 1 atom stereocenters. The van der Waals surface area contributed by atoms with Crippen LogP contribution >= 0.6 is 11.3 Å². The predicted octanol–water partition coefficient (Wildman–Crippen LogP) is 2.42. The largest absolute Gasteiger partial charge is 0.426 e. The van der Waals surface area contributed by atoms with Gasteiger partial charge in [-0.1, -0.05) is 12.1 Å². The monoisotopic (exact) mass is 533 g/mol. The molecule has 15 heteroatoms. The summed E-state index contributed by atoms with van der Waals surface area (Å²) in [5.74, 6) is -2.53. The summed E-state index contributed by atoms with van der Waals surface area (Å²) < 4.78 is 25.3. The van der Waals surface area contributed by atoms with E-state index in [2.05, 4.69) is 20.6 Å². The summed E-state index contributed by atoms with van der Waals surface area (Å²) in [4.78, 5) is 55.1. The fraction of sp³-hybridized carbons (Fsp3) is 0.190. The molecule has 0 radical (unpaired) electrons. The molecule has 2 heterocycles. The lowest BCUT2D eigenvalue weighted by Crippen LogP contribution is -2.24. The number of carbonyl (C=O) groups is 3. The molecule has 13 nitrogen and oxygen atoms in total. The Morgan fingerprint density at radius 1 is 1.14 bits per heavy atom. The Balaban J connectivity index is 1.59. The molecular weight excluding hydrogens is 514 g/mol. The molecule has 2 aromatic heterocycles. The molecule has 36 heavy (non-hydrogen) atoms. The molecule has 2 amide bonds. The highest BCUT2D eigenvalue weighted by atomic mass is 32.2. The first-order chi connectivity index (χ1) is 17.2. The number of carbonyl (C=O) groups excluding carboxylic acids is 3. The normalized spacial score (nSPS) is 11.4. The Hall–Kier alpha value is -4.08. The minimum absolute atomic E-state index is 0.0573. The van der Waals surface area contributed by atoms with Crippen molar-refractivity contribution in [2.24, 2.45) is 0 Å². The van der Waals surface area contributed by atoms with Crippen molar-refractivity contribution in [3.05, 3.63) is 75.7 Å². The third kappa shape index (κ3) is 7.72. The van der Waals surface area contributed by atoms with Gasteiger partial charge in [0.15, 0.2) is 16.2 Å². The van der Waals surface area contributed by atoms with Crippen LogP contribution in [-0.2, 0) is 33.0 Å². The second kappa shape index (κ2) is 12.6. The van der Waals surface area contributed by atoms with E-state index in [1.54, 1.807) is 24.5 Å². The summed E-state index contributed by atoms with van der Waals surface area (Å²) in [5, 5.41) is 15.6. The van der Waals surface area contributed by atoms with Crippen molar-refractivity contribution in [2.45, 2.75) is 25.1 Å². The number of nitrogens with one attached hydrogen (secondary N) is 2. The molecule has 0 spiro atoms. The summed E-state index contributed by atoms with van der Waals surface area (Å²) in [7, 11) is 0. The minimum Gasteiger partial charge on any atom is -0.426 e. The molecule has 0 aliphatic heterocycles. The van der Waals surface area contributed by atoms with Crippen molar-refractivity contribution in [1.29, 1.82) is 0 Å². The maximum Gasteiger partial charge on any atom is 0.349 e. The molecular formula is C21H19N5O8S2. The lowest BCUT2D eigenvalue weighted by Gasteiger charge is -2.10. The first kappa shape index (κ1) is 26.5. The molecule has 0 saturated heterocycles. The number of amides is 2. The lowest BCUT2D eigenvalue weighted by molar-refractivity contribution is -0.381. The number of para-hydroxylation sites is 1. The molecule has 1 unspecified atom stereocenters. The summed E-state index contributed by atoms with van der Waals surface area (Å²) >= 11 is -1.84. The van der Waals surface area contributed by atoms with Crippen LogP contribution in [0.1, 0.15) is 34.5 Å². The summed E-state index contributed by atoms with van der Waals surface area (Å²) in [6.07, 6.45) is 2.82. The molecule has 3 N–H and O–H groups in total. The van der Waals surface area contributed by atoms with Crippen LogP contribution in [0.5, 0.6) is 5.75 Å². The maximum atomic E-state index is 12.7. The standard InChI is InChI=1S/C21H19N5O8S2/c27-17(23-11-13-7-9-22-10-8-13)5-6-18(28)34-16-4-2-1-3-14(16)19(29)25-21-24-15(12-36(32)33)20(35-21)26(30)31/h1-4,7-10H,5-6,11-12H2,(H,23,27)(H,32,33)(H,24,25,29). The molecule has 188 valence electrons. The van der Waals surface area contributed by atoms with E-state index in [-0.39, 0.29) is 47.4 Å². The number of aromatic nitrogens is 2. The highest BCUT2D eigenvalue weighted by Crippen LogP contribution is 2.32. The van der Waals surface area contributed by atoms with Crippen molar-refractivity contribution >= 4 is 50.3 Å². The van der Waals surface area contributed by atoms with Crippen LogP contribution < -0.4 is 15.4 Å². The van der Waals surface area contributed by atoms with Gasteiger partial charge in [-0.25, -0.2) is 9.19 Å². The highest BCUT2D eigenvalue weighted by molar-refractivity contribution is 7.78. The minimum atomic E-state index is -2.37. The SMILES string of the molecule is O=C(CCC(=O)Oc1ccccc1C(=O)Nc1nc(CS(=O)O)c([N+](=O)[O-])s1)NCc1ccncc1. The van der Waals surface area contributed by atoms with Gasteiger partial charge in [0.1, 0.15) is 11.4 Å². The second-order valence-corrected chi connectivity index (χ2v) is 8.96. The summed E-state index contributed by atoms with van der Waals surface area (Å²) in [5.41, 5.74) is 0.546. The molecule has 0 bridgehead atoms. The van der Waals surface area contributed by atoms with E-state index in [9.17, 15) is 28.7 Å². The van der Waals surface area contributed by atoms with Gasteiger partial charge < -0.3 is 14.6 Å². The van der Waals surface area contributed by atoms with Crippen LogP contribution in [0.25, 0.3) is 0 Å². The number of nitrogens with zero attached hydrogens (tertiary/aromatic N) is 3. The van der Waals surface area contributed by atoms with Gasteiger partial charge in [-0.3, -0.25) is 34.8 Å². The zero-order valence-electron chi connectivity index (χ0n) is 18.4. The number of nitro groups is 1. The zero-order chi connectivity index (χ0) is 26.1. The van der Waals surface area contributed by atoms with Crippen LogP contribution in [0.15, 0.2) is 48.8 Å². The number of pyridine rings is 1. The van der Waals surface area contributed by atoms with E-state index in [1.807, 2.05) is 0 Å². The van der Waals surface area contributed by atoms with Gasteiger partial charge in [0.25, 0.3) is 5.91 Å². The Labute approximate surface area is 210 Å². The van der Waals surface area contributed by atoms with Crippen molar-refractivity contribution in [3.8, 4) is 5.75 Å². The van der Waals surface area contributed by atoms with E-state index >= 15 is 0 Å². The van der Waals surface area contributed by atoms with E-state index < -0.39 is 38.6 Å². The van der Waals surface area contributed by atoms with E-state index in [4.69, 9.17) is 9.29 Å². The number of anilines is 1. The van der Waals surface area contributed by atoms with Crippen LogP contribution in [0.4, 0.5) is 10.1 Å². The first-order valence-corrected chi connectivity index (χ1v) is 12.3. The number of esters is 1. The Morgan fingerprint density at radius 3 is 2.56 bits per heavy atom. The molecule has 0 aliphatic rings. The average molecular weight is 534 g/mol. The third-order valence-corrected chi connectivity index (χ3v) is 5.96. The van der Waals surface area contributed by atoms with Crippen molar-refractivity contribution < 1.29 is 32.8 Å². The molecule has 1 aromatic carbocycles. The highest BCUT2D eigenvalue weighted by Gasteiger charge is 2.25. The van der Waals surface area contributed by atoms with Gasteiger partial charge in [-0.2, -0.15) is 0 Å². The third-order valence-electron chi connectivity index (χ3n) is 4.47. The Morgan fingerprint density at radius 2 is 1.86 bits per heavy atom. The number of hydrogen-bond donors (Lipinski definition) is 3. The van der Waals surface area contributed by atoms with Crippen molar-refractivity contribution in [2.75, 3.05) is 5.32 Å². The van der Waals surface area contributed by atoms with Gasteiger partial charge in [-0.15, -0.1) is 0 Å². The first-order valence-electron chi connectivity index (χ1n) is 10.2. The van der Waals surface area contributed by atoms with Crippen LogP contribution in [0.3, 0.4) is 0 Å². The maximum absolute atomic E-state index is 12.7. The number of thiazole rings is 1. The molecule has 0 saturated carbocycles. The number of rotatable bonds is 11. The number of benzene rings is 1. The second-order valence-electron chi connectivity index (χ2n) is 7.05. The van der Waals surface area contributed by atoms with Gasteiger partial charge in [-0.05, 0) is 41.2 Å². The summed E-state index contributed by atoms with van der Waals surface area (Å²) in [6, 6.07) is 9.28. The van der Waals surface area contributed by atoms with Gasteiger partial charge >= 0.3 is 11.0 Å². The van der Waals surface area contributed by atoms with Crippen LogP contribution in [0, 0.1) is 10.1 Å². The quantitative estimate of drug-likeness (QED) is 0.108. The Kier molecular flexibility index (Phi) is 9.26. The van der Waals surface area contributed by atoms with E-state index in [1.165, 1.54) is 24.3 Å². The Bertz CT molecular complexity index is 1300. The zero-order valence-corrected chi connectivity index (χ0v) is 20.0. The fourth-order valence-electron chi connectivity index (χ4n) is 2.84. The van der Waals surface area contributed by atoms with Crippen molar-refractivity contribution in [3.63, 3.8) is 0 Å². The van der Waals surface area contributed by atoms with Gasteiger partial charge in [0, 0.05) is 25.4 Å². The molecule has 0 fully saturated rings. The van der Waals surface area contributed by atoms with Crippen LogP contribution in [0.2, 0.25) is 0 Å². The molecule has 0 aliphatic carbocycles. The predicted molar refractivity (Wildman–Crippen MR) is 129 cm³/mol. The van der Waals surface area contributed by atoms with Crippen molar-refractivity contribution in [1.82, 2.24) is 15.3 Å². The average Bonchev–Trinajstić information content (AvgIpc) is 3.24.